The lowest BCUT2D eigenvalue weighted by molar-refractivity contribution is -0.171. The van der Waals surface area contributed by atoms with Crippen LogP contribution in [-0.4, -0.2) is 78.9 Å². The minimum Gasteiger partial charge on any atom is -0.497 e. The van der Waals surface area contributed by atoms with Crippen LogP contribution >= 0.6 is 0 Å². The van der Waals surface area contributed by atoms with E-state index in [1.54, 1.807) is 19.2 Å². The molecule has 0 amide bonds. The Kier molecular flexibility index (Phi) is 13.9. The van der Waals surface area contributed by atoms with Crippen molar-refractivity contribution in [3.8, 4) is 11.5 Å². The fraction of sp³-hybridized carbons (Fsp3) is 0.511. The molecule has 2 fully saturated rings. The molecule has 9 nitrogen and oxygen atoms in total. The monoisotopic (exact) mass is 802 g/mol. The number of esters is 1. The Morgan fingerprint density at radius 3 is 1.93 bits per heavy atom. The van der Waals surface area contributed by atoms with Crippen molar-refractivity contribution in [3.05, 3.63) is 97.1 Å². The highest BCUT2D eigenvalue weighted by Crippen LogP contribution is 2.63. The van der Waals surface area contributed by atoms with Crippen molar-refractivity contribution in [1.29, 1.82) is 0 Å². The van der Waals surface area contributed by atoms with E-state index < -0.39 is 57.3 Å². The summed E-state index contributed by atoms with van der Waals surface area (Å²) in [7, 11) is -2.51. The second-order valence-electron chi connectivity index (χ2n) is 16.3. The van der Waals surface area contributed by atoms with Gasteiger partial charge in [-0.15, -0.1) is 0 Å². The molecule has 3 unspecified atom stereocenters. The third kappa shape index (κ3) is 7.83. The Bertz CT molecular complexity index is 1730. The highest BCUT2D eigenvalue weighted by atomic mass is 28.4. The normalized spacial score (nSPS) is 22.8. The van der Waals surface area contributed by atoms with E-state index in [1.165, 1.54) is 7.11 Å². The second-order valence-corrected chi connectivity index (χ2v) is 25.3. The van der Waals surface area contributed by atoms with Crippen LogP contribution in [0.4, 0.5) is 0 Å². The van der Waals surface area contributed by atoms with Gasteiger partial charge in [-0.1, -0.05) is 109 Å². The van der Waals surface area contributed by atoms with Crippen LogP contribution in [0.15, 0.2) is 97.1 Å². The lowest BCUT2D eigenvalue weighted by Crippen LogP contribution is -2.66. The summed E-state index contributed by atoms with van der Waals surface area (Å²) < 4.78 is 37.2. The number of methoxy groups -OCH3 is 2. The fourth-order valence-corrected chi connectivity index (χ4v) is 17.2. The standard InChI is InChI=1S/C45H62O9Si2/c1-10-55(11-2,12-3)54-45(33(4)31-51-32-52-35-25-23-34(49-8)24-26-35)38-27-28-40(45)44(48,41(38)46)39(42(47)50-9)29-30-53-56(43(5,6)7,36-19-15-13-16-20-36)37-21-17-14-18-22-37/h13-26,38-40,48H,4,10-12,27-32H2,1-3,5-9H3/t38-,39?,40+,44?,45?/m0/s1. The second kappa shape index (κ2) is 17.9. The quantitative estimate of drug-likeness (QED) is 0.0410. The average Bonchev–Trinajstić information content (AvgIpc) is 3.68. The summed E-state index contributed by atoms with van der Waals surface area (Å²) in [4.78, 5) is 28.8. The first kappa shape index (κ1) is 43.5. The molecule has 0 saturated heterocycles. The molecular weight excluding hydrogens is 741 g/mol. The van der Waals surface area contributed by atoms with E-state index in [0.717, 1.165) is 34.3 Å². The Morgan fingerprint density at radius 2 is 1.43 bits per heavy atom. The molecule has 5 rings (SSSR count). The molecule has 304 valence electrons. The Labute approximate surface area is 336 Å². The first-order valence-corrected chi connectivity index (χ1v) is 24.5. The van der Waals surface area contributed by atoms with Gasteiger partial charge in [-0.25, -0.2) is 0 Å². The predicted octanol–water partition coefficient (Wildman–Crippen LogP) is 7.46. The van der Waals surface area contributed by atoms with Gasteiger partial charge in [0.2, 0.25) is 0 Å². The number of benzene rings is 3. The zero-order valence-corrected chi connectivity index (χ0v) is 36.6. The number of ketones is 1. The molecule has 5 atom stereocenters. The van der Waals surface area contributed by atoms with Crippen molar-refractivity contribution in [2.45, 2.75) is 95.2 Å². The van der Waals surface area contributed by atoms with E-state index in [2.05, 4.69) is 72.4 Å². The molecule has 0 radical (unpaired) electrons. The molecule has 3 aromatic carbocycles. The van der Waals surface area contributed by atoms with E-state index in [9.17, 15) is 14.7 Å². The van der Waals surface area contributed by atoms with Gasteiger partial charge in [0.15, 0.2) is 20.9 Å². The Balaban J connectivity index is 1.48. The van der Waals surface area contributed by atoms with Crippen molar-refractivity contribution in [3.63, 3.8) is 0 Å². The van der Waals surface area contributed by atoms with Crippen LogP contribution < -0.4 is 19.8 Å². The smallest absolute Gasteiger partial charge is 0.312 e. The third-order valence-electron chi connectivity index (χ3n) is 12.7. The topological polar surface area (TPSA) is 110 Å². The largest absolute Gasteiger partial charge is 0.497 e. The van der Waals surface area contributed by atoms with E-state index in [1.807, 2.05) is 48.5 Å². The zero-order chi connectivity index (χ0) is 40.8. The van der Waals surface area contributed by atoms with Crippen LogP contribution in [0.3, 0.4) is 0 Å². The molecule has 3 aromatic rings. The molecule has 0 aliphatic heterocycles. The molecule has 2 aliphatic rings. The van der Waals surface area contributed by atoms with Crippen LogP contribution in [0.1, 0.15) is 60.8 Å². The minimum atomic E-state index is -2.99. The SMILES string of the molecule is C=C(COCOc1ccc(OC)cc1)C1(O[Si](CC)(CC)CC)[C@@H]2CC[C@H]1C(=O)C2(O)C(CCO[Si](c1ccccc1)(c1ccccc1)C(C)(C)C)C(=O)OC. The van der Waals surface area contributed by atoms with Crippen LogP contribution in [0.2, 0.25) is 23.2 Å². The molecular formula is C45H62O9Si2. The number of carbonyl (C=O) groups excluding carboxylic acids is 2. The van der Waals surface area contributed by atoms with Gasteiger partial charge in [0.25, 0.3) is 8.32 Å². The van der Waals surface area contributed by atoms with Crippen LogP contribution in [0, 0.1) is 17.8 Å². The number of hydrogen-bond acceptors (Lipinski definition) is 9. The van der Waals surface area contributed by atoms with E-state index in [4.69, 9.17) is 27.8 Å². The van der Waals surface area contributed by atoms with Crippen molar-refractivity contribution in [1.82, 2.24) is 0 Å². The molecule has 11 heteroatoms. The van der Waals surface area contributed by atoms with Gasteiger partial charge >= 0.3 is 5.97 Å². The Hall–Kier alpha value is -3.59. The van der Waals surface area contributed by atoms with E-state index in [-0.39, 0.29) is 31.5 Å². The summed E-state index contributed by atoms with van der Waals surface area (Å²) in [6, 6.07) is 30.2. The summed E-state index contributed by atoms with van der Waals surface area (Å²) >= 11 is 0. The number of rotatable bonds is 20. The molecule has 56 heavy (non-hydrogen) atoms. The summed E-state index contributed by atoms with van der Waals surface area (Å²) in [5.74, 6) is -2.33. The maximum atomic E-state index is 14.9. The maximum absolute atomic E-state index is 14.9. The van der Waals surface area contributed by atoms with Crippen molar-refractivity contribution in [2.24, 2.45) is 17.8 Å². The lowest BCUT2D eigenvalue weighted by Gasteiger charge is -2.46. The molecule has 0 aromatic heterocycles. The number of hydrogen-bond donors (Lipinski definition) is 1. The Morgan fingerprint density at radius 1 is 0.875 bits per heavy atom. The highest BCUT2D eigenvalue weighted by Gasteiger charge is 2.75. The van der Waals surface area contributed by atoms with E-state index >= 15 is 0 Å². The van der Waals surface area contributed by atoms with Crippen molar-refractivity contribution >= 4 is 38.8 Å². The van der Waals surface area contributed by atoms with Gasteiger partial charge in [-0.05, 0) is 82.6 Å². The zero-order valence-electron chi connectivity index (χ0n) is 34.6. The van der Waals surface area contributed by atoms with Gasteiger partial charge in [0.05, 0.1) is 38.3 Å². The highest BCUT2D eigenvalue weighted by molar-refractivity contribution is 6.99. The van der Waals surface area contributed by atoms with Gasteiger partial charge in [-0.2, -0.15) is 0 Å². The first-order chi connectivity index (χ1) is 26.7. The number of carbonyl (C=O) groups is 2. The average molecular weight is 803 g/mol. The number of ether oxygens (including phenoxy) is 4. The molecule has 2 aliphatic carbocycles. The van der Waals surface area contributed by atoms with Gasteiger partial charge in [0, 0.05) is 12.5 Å². The van der Waals surface area contributed by atoms with Gasteiger partial charge in [-0.3, -0.25) is 9.59 Å². The molecule has 1 N–H and O–H groups in total. The van der Waals surface area contributed by atoms with Crippen LogP contribution in [0.25, 0.3) is 0 Å². The summed E-state index contributed by atoms with van der Waals surface area (Å²) in [5.41, 5.74) is -2.71. The van der Waals surface area contributed by atoms with E-state index in [0.29, 0.717) is 24.2 Å². The van der Waals surface area contributed by atoms with Gasteiger partial charge < -0.3 is 32.9 Å². The predicted molar refractivity (Wildman–Crippen MR) is 224 cm³/mol. The van der Waals surface area contributed by atoms with Crippen LogP contribution in [-0.2, 0) is 27.9 Å². The van der Waals surface area contributed by atoms with Crippen LogP contribution in [0.5, 0.6) is 11.5 Å². The van der Waals surface area contributed by atoms with Gasteiger partial charge in [0.1, 0.15) is 17.1 Å². The lowest BCUT2D eigenvalue weighted by atomic mass is 9.71. The minimum absolute atomic E-state index is 0.0496. The molecule has 2 bridgehead atoms. The number of Topliss-reactive ketones (excluding diaryl/α,β-unsaturated/α-hetero) is 1. The fourth-order valence-electron chi connectivity index (χ4n) is 9.59. The molecule has 0 heterocycles. The summed E-state index contributed by atoms with van der Waals surface area (Å²) in [5, 5.41) is 14.9. The third-order valence-corrected chi connectivity index (χ3v) is 22.4. The number of fused-ring (bicyclic) bond motifs is 2. The molecule has 2 saturated carbocycles. The maximum Gasteiger partial charge on any atom is 0.312 e. The number of aliphatic hydroxyl groups is 1. The van der Waals surface area contributed by atoms with Crippen molar-refractivity contribution in [2.75, 3.05) is 34.2 Å². The summed E-state index contributed by atoms with van der Waals surface area (Å²) in [6.45, 7) is 17.6. The van der Waals surface area contributed by atoms with Crippen molar-refractivity contribution < 1.29 is 42.5 Å². The summed E-state index contributed by atoms with van der Waals surface area (Å²) in [6.07, 6.45) is 1.08. The molecule has 0 spiro atoms. The first-order valence-electron chi connectivity index (χ1n) is 20.1.